The van der Waals surface area contributed by atoms with E-state index in [1.54, 1.807) is 12.1 Å². The maximum Gasteiger partial charge on any atom is 0.271 e. The molecule has 0 aliphatic heterocycles. The lowest BCUT2D eigenvalue weighted by molar-refractivity contribution is 0.0955. The lowest BCUT2D eigenvalue weighted by atomic mass is 10.2. The van der Waals surface area contributed by atoms with Crippen LogP contribution in [-0.4, -0.2) is 12.1 Å². The highest BCUT2D eigenvalue weighted by Gasteiger charge is 2.03. The zero-order valence-electron chi connectivity index (χ0n) is 9.06. The van der Waals surface area contributed by atoms with Crippen LogP contribution in [0.15, 0.2) is 45.9 Å². The van der Waals surface area contributed by atoms with Crippen molar-refractivity contribution in [3.05, 3.63) is 57.3 Å². The van der Waals surface area contributed by atoms with Crippen molar-refractivity contribution in [2.75, 3.05) is 0 Å². The van der Waals surface area contributed by atoms with Crippen LogP contribution >= 0.6 is 22.6 Å². The molecule has 6 heteroatoms. The predicted molar refractivity (Wildman–Crippen MR) is 72.9 cm³/mol. The second kappa shape index (κ2) is 5.76. The standard InChI is InChI=1S/C12H8FIN2O2/c13-9-3-1-8(2-4-9)12(17)16-15-7-10-5-6-11(14)18-10/h1-7H,(H,16,17)/b15-7-. The van der Waals surface area contributed by atoms with E-state index < -0.39 is 5.91 Å². The summed E-state index contributed by atoms with van der Waals surface area (Å²) in [5.41, 5.74) is 2.66. The third-order valence-corrected chi connectivity index (χ3v) is 2.64. The minimum Gasteiger partial charge on any atom is -0.449 e. The number of carbonyl (C=O) groups excluding carboxylic acids is 1. The Balaban J connectivity index is 1.96. The SMILES string of the molecule is O=C(N/N=C\c1ccc(I)o1)c1ccc(F)cc1. The summed E-state index contributed by atoms with van der Waals surface area (Å²) in [6, 6.07) is 8.71. The van der Waals surface area contributed by atoms with Crippen molar-refractivity contribution in [3.63, 3.8) is 0 Å². The molecule has 0 saturated heterocycles. The van der Waals surface area contributed by atoms with Crippen molar-refractivity contribution in [3.8, 4) is 0 Å². The first-order chi connectivity index (χ1) is 8.65. The summed E-state index contributed by atoms with van der Waals surface area (Å²) in [5.74, 6) is -0.258. The Hall–Kier alpha value is -1.70. The van der Waals surface area contributed by atoms with Crippen LogP contribution in [0.2, 0.25) is 0 Å². The average molecular weight is 358 g/mol. The topological polar surface area (TPSA) is 54.6 Å². The van der Waals surface area contributed by atoms with Crippen molar-refractivity contribution in [2.24, 2.45) is 5.10 Å². The summed E-state index contributed by atoms with van der Waals surface area (Å²) in [6.45, 7) is 0. The maximum atomic E-state index is 12.7. The van der Waals surface area contributed by atoms with Crippen LogP contribution in [0.3, 0.4) is 0 Å². The summed E-state index contributed by atoms with van der Waals surface area (Å²) in [4.78, 5) is 11.6. The van der Waals surface area contributed by atoms with Gasteiger partial charge < -0.3 is 4.42 Å². The fourth-order valence-electron chi connectivity index (χ4n) is 1.22. The van der Waals surface area contributed by atoms with Gasteiger partial charge in [-0.1, -0.05) is 0 Å². The quantitative estimate of drug-likeness (QED) is 0.521. The molecule has 1 aromatic heterocycles. The molecule has 0 unspecified atom stereocenters. The Labute approximate surface area is 116 Å². The highest BCUT2D eigenvalue weighted by molar-refractivity contribution is 14.1. The zero-order valence-corrected chi connectivity index (χ0v) is 11.2. The van der Waals surface area contributed by atoms with Gasteiger partial charge in [-0.05, 0) is 59.0 Å². The molecule has 0 fully saturated rings. The lowest BCUT2D eigenvalue weighted by Gasteiger charge is -1.98. The van der Waals surface area contributed by atoms with Gasteiger partial charge in [0.05, 0.1) is 6.21 Å². The lowest BCUT2D eigenvalue weighted by Crippen LogP contribution is -2.17. The summed E-state index contributed by atoms with van der Waals surface area (Å²) < 4.78 is 18.6. The molecule has 2 rings (SSSR count). The number of hydrogen-bond donors (Lipinski definition) is 1. The minimum absolute atomic E-state index is 0.336. The van der Waals surface area contributed by atoms with Crippen LogP contribution in [0.5, 0.6) is 0 Å². The number of nitrogens with one attached hydrogen (secondary N) is 1. The van der Waals surface area contributed by atoms with Gasteiger partial charge in [0.15, 0.2) is 3.77 Å². The van der Waals surface area contributed by atoms with E-state index in [2.05, 4.69) is 10.5 Å². The molecule has 0 bridgehead atoms. The van der Waals surface area contributed by atoms with Crippen molar-refractivity contribution in [2.45, 2.75) is 0 Å². The van der Waals surface area contributed by atoms with Gasteiger partial charge in [0.2, 0.25) is 0 Å². The van der Waals surface area contributed by atoms with Crippen molar-refractivity contribution in [1.82, 2.24) is 5.43 Å². The first-order valence-corrected chi connectivity index (χ1v) is 6.07. The van der Waals surface area contributed by atoms with E-state index in [9.17, 15) is 9.18 Å². The first kappa shape index (κ1) is 12.7. The fourth-order valence-corrected chi connectivity index (χ4v) is 1.65. The molecule has 2 aromatic rings. The molecule has 1 aromatic carbocycles. The number of hydrogen-bond acceptors (Lipinski definition) is 3. The van der Waals surface area contributed by atoms with E-state index in [-0.39, 0.29) is 5.82 Å². The van der Waals surface area contributed by atoms with E-state index in [1.807, 2.05) is 22.6 Å². The van der Waals surface area contributed by atoms with Crippen molar-refractivity contribution >= 4 is 34.7 Å². The Morgan fingerprint density at radius 2 is 2.00 bits per heavy atom. The van der Waals surface area contributed by atoms with Gasteiger partial charge in [-0.2, -0.15) is 5.10 Å². The number of furan rings is 1. The summed E-state index contributed by atoms with van der Waals surface area (Å²) in [6.07, 6.45) is 1.39. The maximum absolute atomic E-state index is 12.7. The van der Waals surface area contributed by atoms with Gasteiger partial charge in [-0.15, -0.1) is 0 Å². The third-order valence-electron chi connectivity index (χ3n) is 2.06. The molecule has 0 aliphatic rings. The summed E-state index contributed by atoms with van der Waals surface area (Å²) >= 11 is 2.03. The number of hydrazone groups is 1. The second-order valence-electron chi connectivity index (χ2n) is 3.35. The highest BCUT2D eigenvalue weighted by Crippen LogP contribution is 2.07. The molecular weight excluding hydrogens is 350 g/mol. The summed E-state index contributed by atoms with van der Waals surface area (Å²) in [5, 5.41) is 3.74. The molecule has 0 spiro atoms. The molecule has 1 amide bonds. The molecule has 0 atom stereocenters. The zero-order chi connectivity index (χ0) is 13.0. The van der Waals surface area contributed by atoms with Gasteiger partial charge >= 0.3 is 0 Å². The van der Waals surface area contributed by atoms with E-state index in [0.29, 0.717) is 11.3 Å². The molecule has 0 aliphatic carbocycles. The Morgan fingerprint density at radius 1 is 1.28 bits per heavy atom. The molecule has 1 heterocycles. The van der Waals surface area contributed by atoms with E-state index >= 15 is 0 Å². The second-order valence-corrected chi connectivity index (χ2v) is 4.41. The number of nitrogens with zero attached hydrogens (tertiary/aromatic N) is 1. The molecule has 18 heavy (non-hydrogen) atoms. The molecular formula is C12H8FIN2O2. The molecule has 1 N–H and O–H groups in total. The van der Waals surface area contributed by atoms with Gasteiger partial charge in [-0.3, -0.25) is 4.79 Å². The first-order valence-electron chi connectivity index (χ1n) is 4.99. The van der Waals surface area contributed by atoms with Crippen LogP contribution < -0.4 is 5.43 Å². The smallest absolute Gasteiger partial charge is 0.271 e. The third kappa shape index (κ3) is 3.39. The predicted octanol–water partition coefficient (Wildman–Crippen LogP) is 2.79. The van der Waals surface area contributed by atoms with Gasteiger partial charge in [0, 0.05) is 5.56 Å². The van der Waals surface area contributed by atoms with Gasteiger partial charge in [-0.25, -0.2) is 9.82 Å². The Kier molecular flexibility index (Phi) is 4.08. The number of benzene rings is 1. The van der Waals surface area contributed by atoms with E-state index in [0.717, 1.165) is 3.77 Å². The highest BCUT2D eigenvalue weighted by atomic mass is 127. The number of carbonyl (C=O) groups is 1. The van der Waals surface area contributed by atoms with Crippen molar-refractivity contribution in [1.29, 1.82) is 0 Å². The number of rotatable bonds is 3. The van der Waals surface area contributed by atoms with Crippen LogP contribution in [0, 0.1) is 9.58 Å². The van der Waals surface area contributed by atoms with E-state index in [1.165, 1.54) is 30.5 Å². The van der Waals surface area contributed by atoms with Crippen LogP contribution in [-0.2, 0) is 0 Å². The minimum atomic E-state index is -0.410. The monoisotopic (exact) mass is 358 g/mol. The average Bonchev–Trinajstić information content (AvgIpc) is 2.76. The largest absolute Gasteiger partial charge is 0.449 e. The van der Waals surface area contributed by atoms with Gasteiger partial charge in [0.25, 0.3) is 5.91 Å². The fraction of sp³-hybridized carbons (Fsp3) is 0. The Bertz CT molecular complexity index is 578. The molecule has 0 radical (unpaired) electrons. The molecule has 92 valence electrons. The molecule has 4 nitrogen and oxygen atoms in total. The van der Waals surface area contributed by atoms with Crippen LogP contribution in [0.1, 0.15) is 16.1 Å². The summed E-state index contributed by atoms with van der Waals surface area (Å²) in [7, 11) is 0. The number of halogens is 2. The van der Waals surface area contributed by atoms with Crippen LogP contribution in [0.25, 0.3) is 0 Å². The van der Waals surface area contributed by atoms with E-state index in [4.69, 9.17) is 4.42 Å². The normalized spacial score (nSPS) is 10.8. The van der Waals surface area contributed by atoms with Crippen molar-refractivity contribution < 1.29 is 13.6 Å². The van der Waals surface area contributed by atoms with Crippen LogP contribution in [0.4, 0.5) is 4.39 Å². The molecule has 0 saturated carbocycles. The van der Waals surface area contributed by atoms with Gasteiger partial charge in [0.1, 0.15) is 11.6 Å². The number of amides is 1. The Morgan fingerprint density at radius 3 is 2.61 bits per heavy atom.